The first-order valence-electron chi connectivity index (χ1n) is 8.12. The van der Waals surface area contributed by atoms with Crippen LogP contribution >= 0.6 is 0 Å². The minimum atomic E-state index is -0.153. The van der Waals surface area contributed by atoms with Crippen LogP contribution in [0.4, 0.5) is 0 Å². The van der Waals surface area contributed by atoms with Crippen LogP contribution in [0.3, 0.4) is 0 Å². The Morgan fingerprint density at radius 2 is 1.55 bits per heavy atom. The van der Waals surface area contributed by atoms with E-state index in [1.54, 1.807) is 0 Å². The predicted octanol–water partition coefficient (Wildman–Crippen LogP) is 3.92. The molecular formula is C20H23NO. The van der Waals surface area contributed by atoms with Crippen molar-refractivity contribution in [3.8, 4) is 0 Å². The summed E-state index contributed by atoms with van der Waals surface area (Å²) in [4.78, 5) is 13.0. The van der Waals surface area contributed by atoms with Crippen LogP contribution in [0.2, 0.25) is 0 Å². The third kappa shape index (κ3) is 3.45. The second-order valence-corrected chi connectivity index (χ2v) is 6.27. The highest BCUT2D eigenvalue weighted by Gasteiger charge is 2.28. The number of rotatable bonds is 5. The molecule has 0 saturated carbocycles. The van der Waals surface area contributed by atoms with Crippen molar-refractivity contribution < 1.29 is 4.79 Å². The van der Waals surface area contributed by atoms with Gasteiger partial charge in [-0.2, -0.15) is 0 Å². The molecule has 1 aliphatic rings. The Morgan fingerprint density at radius 1 is 1.00 bits per heavy atom. The lowest BCUT2D eigenvalue weighted by Gasteiger charge is -2.19. The fourth-order valence-corrected chi connectivity index (χ4v) is 3.40. The van der Waals surface area contributed by atoms with Gasteiger partial charge in [0.15, 0.2) is 0 Å². The lowest BCUT2D eigenvalue weighted by atomic mass is 9.85. The summed E-state index contributed by atoms with van der Waals surface area (Å²) >= 11 is 0. The highest BCUT2D eigenvalue weighted by Crippen LogP contribution is 2.28. The fourth-order valence-electron chi connectivity index (χ4n) is 3.40. The number of hydrogen-bond acceptors (Lipinski definition) is 2. The maximum absolute atomic E-state index is 13.0. The molecule has 1 saturated heterocycles. The Bertz CT molecular complexity index is 569. The summed E-state index contributed by atoms with van der Waals surface area (Å²) in [5, 5.41) is 3.52. The molecule has 0 aromatic heterocycles. The van der Waals surface area contributed by atoms with Gasteiger partial charge in [-0.25, -0.2) is 0 Å². The van der Waals surface area contributed by atoms with E-state index >= 15 is 0 Å². The largest absolute Gasteiger partial charge is 0.311 e. The molecule has 0 aliphatic carbocycles. The molecule has 2 aromatic rings. The molecule has 0 bridgehead atoms. The minimum Gasteiger partial charge on any atom is -0.311 e. The standard InChI is InChI=1S/C20H23NO/c1-15-12-13-18(21-15)14-19(22)20(16-8-4-2-5-9-16)17-10-6-3-7-11-17/h2-11,15,18,20-21H,12-14H2,1H3. The molecule has 1 aliphatic heterocycles. The average molecular weight is 293 g/mol. The molecule has 2 aromatic carbocycles. The Kier molecular flexibility index (Phi) is 4.69. The van der Waals surface area contributed by atoms with Crippen LogP contribution in [0.15, 0.2) is 60.7 Å². The topological polar surface area (TPSA) is 29.1 Å². The second kappa shape index (κ2) is 6.89. The Hall–Kier alpha value is -1.93. The Labute approximate surface area is 132 Å². The first-order valence-corrected chi connectivity index (χ1v) is 8.12. The quantitative estimate of drug-likeness (QED) is 0.905. The van der Waals surface area contributed by atoms with Gasteiger partial charge >= 0.3 is 0 Å². The second-order valence-electron chi connectivity index (χ2n) is 6.27. The Balaban J connectivity index is 1.84. The number of carbonyl (C=O) groups is 1. The molecule has 0 spiro atoms. The summed E-state index contributed by atoms with van der Waals surface area (Å²) in [6.45, 7) is 2.19. The van der Waals surface area contributed by atoms with Gasteiger partial charge in [0, 0.05) is 18.5 Å². The molecule has 0 amide bonds. The van der Waals surface area contributed by atoms with Gasteiger partial charge in [0.1, 0.15) is 5.78 Å². The van der Waals surface area contributed by atoms with Crippen molar-refractivity contribution >= 4 is 5.78 Å². The minimum absolute atomic E-state index is 0.153. The highest BCUT2D eigenvalue weighted by molar-refractivity contribution is 5.89. The van der Waals surface area contributed by atoms with Crippen LogP contribution in [-0.4, -0.2) is 17.9 Å². The molecule has 22 heavy (non-hydrogen) atoms. The van der Waals surface area contributed by atoms with Crippen LogP contribution in [0.25, 0.3) is 0 Å². The number of nitrogens with one attached hydrogen (secondary N) is 1. The molecule has 1 N–H and O–H groups in total. The van der Waals surface area contributed by atoms with Crippen LogP contribution in [-0.2, 0) is 4.79 Å². The van der Waals surface area contributed by atoms with Gasteiger partial charge in [-0.15, -0.1) is 0 Å². The molecule has 3 rings (SSSR count). The molecule has 0 radical (unpaired) electrons. The Morgan fingerprint density at radius 3 is 2.00 bits per heavy atom. The van der Waals surface area contributed by atoms with E-state index in [1.165, 1.54) is 6.42 Å². The van der Waals surface area contributed by atoms with Crippen molar-refractivity contribution in [2.45, 2.75) is 44.2 Å². The lowest BCUT2D eigenvalue weighted by molar-refractivity contribution is -0.120. The first-order chi connectivity index (χ1) is 10.7. The van der Waals surface area contributed by atoms with Crippen LogP contribution in [0.1, 0.15) is 43.2 Å². The van der Waals surface area contributed by atoms with Gasteiger partial charge in [-0.05, 0) is 30.9 Å². The number of ketones is 1. The molecule has 2 atom stereocenters. The summed E-state index contributed by atoms with van der Waals surface area (Å²) in [6.07, 6.45) is 2.88. The summed E-state index contributed by atoms with van der Waals surface area (Å²) in [6, 6.07) is 21.1. The van der Waals surface area contributed by atoms with Crippen molar-refractivity contribution in [2.75, 3.05) is 0 Å². The fraction of sp³-hybridized carbons (Fsp3) is 0.350. The molecule has 1 heterocycles. The molecular weight excluding hydrogens is 270 g/mol. The van der Waals surface area contributed by atoms with Gasteiger partial charge in [0.2, 0.25) is 0 Å². The van der Waals surface area contributed by atoms with Gasteiger partial charge in [0.05, 0.1) is 5.92 Å². The van der Waals surface area contributed by atoms with Gasteiger partial charge in [-0.3, -0.25) is 4.79 Å². The normalized spacial score (nSPS) is 21.2. The van der Waals surface area contributed by atoms with Gasteiger partial charge in [-0.1, -0.05) is 60.7 Å². The van der Waals surface area contributed by atoms with E-state index < -0.39 is 0 Å². The van der Waals surface area contributed by atoms with Crippen molar-refractivity contribution in [3.05, 3.63) is 71.8 Å². The van der Waals surface area contributed by atoms with E-state index in [0.29, 0.717) is 24.3 Å². The monoisotopic (exact) mass is 293 g/mol. The third-order valence-electron chi connectivity index (χ3n) is 4.50. The van der Waals surface area contributed by atoms with Crippen molar-refractivity contribution in [3.63, 3.8) is 0 Å². The van der Waals surface area contributed by atoms with Gasteiger partial charge < -0.3 is 5.32 Å². The van der Waals surface area contributed by atoms with E-state index in [-0.39, 0.29) is 5.92 Å². The van der Waals surface area contributed by atoms with Crippen molar-refractivity contribution in [1.29, 1.82) is 0 Å². The maximum Gasteiger partial charge on any atom is 0.146 e. The summed E-state index contributed by atoms with van der Waals surface area (Å²) in [7, 11) is 0. The van der Waals surface area contributed by atoms with Gasteiger partial charge in [0.25, 0.3) is 0 Å². The number of hydrogen-bond donors (Lipinski definition) is 1. The smallest absolute Gasteiger partial charge is 0.146 e. The van der Waals surface area contributed by atoms with E-state index in [4.69, 9.17) is 0 Å². The third-order valence-corrected chi connectivity index (χ3v) is 4.50. The highest BCUT2D eigenvalue weighted by atomic mass is 16.1. The predicted molar refractivity (Wildman–Crippen MR) is 90.0 cm³/mol. The zero-order valence-electron chi connectivity index (χ0n) is 13.0. The van der Waals surface area contributed by atoms with E-state index in [9.17, 15) is 4.79 Å². The average Bonchev–Trinajstić information content (AvgIpc) is 2.95. The summed E-state index contributed by atoms with van der Waals surface area (Å²) in [5.41, 5.74) is 2.18. The van der Waals surface area contributed by atoms with Crippen LogP contribution < -0.4 is 5.32 Å². The molecule has 2 nitrogen and oxygen atoms in total. The first kappa shape index (κ1) is 15.0. The van der Waals surface area contributed by atoms with Crippen molar-refractivity contribution in [2.24, 2.45) is 0 Å². The molecule has 114 valence electrons. The van der Waals surface area contributed by atoms with E-state index in [0.717, 1.165) is 17.5 Å². The summed E-state index contributed by atoms with van der Waals surface area (Å²) in [5.74, 6) is 0.157. The molecule has 1 fully saturated rings. The SMILES string of the molecule is CC1CCC(CC(=O)C(c2ccccc2)c2ccccc2)N1. The summed E-state index contributed by atoms with van der Waals surface area (Å²) < 4.78 is 0. The number of carbonyl (C=O) groups excluding carboxylic acids is 1. The zero-order chi connectivity index (χ0) is 15.4. The van der Waals surface area contributed by atoms with Crippen molar-refractivity contribution in [1.82, 2.24) is 5.32 Å². The zero-order valence-corrected chi connectivity index (χ0v) is 13.0. The lowest BCUT2D eigenvalue weighted by Crippen LogP contribution is -2.31. The molecule has 2 unspecified atom stereocenters. The maximum atomic E-state index is 13.0. The number of benzene rings is 2. The van der Waals surface area contributed by atoms with Crippen LogP contribution in [0.5, 0.6) is 0 Å². The van der Waals surface area contributed by atoms with Crippen LogP contribution in [0, 0.1) is 0 Å². The number of Topliss-reactive ketones (excluding diaryl/α,β-unsaturated/α-hetero) is 1. The molecule has 2 heteroatoms. The van der Waals surface area contributed by atoms with E-state index in [1.807, 2.05) is 36.4 Å². The van der Waals surface area contributed by atoms with E-state index in [2.05, 4.69) is 36.5 Å².